The van der Waals surface area contributed by atoms with Crippen LogP contribution in [0.25, 0.3) is 0 Å². The first-order chi connectivity index (χ1) is 10.2. The highest BCUT2D eigenvalue weighted by molar-refractivity contribution is 7.99. The van der Waals surface area contributed by atoms with Crippen LogP contribution in [0, 0.1) is 5.92 Å². The van der Waals surface area contributed by atoms with Crippen molar-refractivity contribution in [3.8, 4) is 0 Å². The molecule has 0 spiro atoms. The van der Waals surface area contributed by atoms with Gasteiger partial charge in [0, 0.05) is 35.4 Å². The summed E-state index contributed by atoms with van der Waals surface area (Å²) in [7, 11) is 0. The van der Waals surface area contributed by atoms with Crippen molar-refractivity contribution in [2.24, 2.45) is 5.92 Å². The molecular formula is C15H20ClNO3S. The predicted octanol–water partition coefficient (Wildman–Crippen LogP) is 2.29. The molecular weight excluding hydrogens is 310 g/mol. The first kappa shape index (κ1) is 16.6. The Morgan fingerprint density at radius 3 is 2.76 bits per heavy atom. The van der Waals surface area contributed by atoms with E-state index in [1.807, 2.05) is 24.3 Å². The van der Waals surface area contributed by atoms with Crippen LogP contribution in [-0.4, -0.2) is 54.6 Å². The number of hydrogen-bond donors (Lipinski definition) is 1. The van der Waals surface area contributed by atoms with E-state index in [2.05, 4.69) is 0 Å². The molecule has 1 aromatic carbocycles. The van der Waals surface area contributed by atoms with Gasteiger partial charge in [-0.25, -0.2) is 0 Å². The Kier molecular flexibility index (Phi) is 6.83. The fraction of sp³-hybridized carbons (Fsp3) is 0.533. The molecule has 0 unspecified atom stereocenters. The van der Waals surface area contributed by atoms with Gasteiger partial charge in [-0.05, 0) is 30.7 Å². The number of carbonyl (C=O) groups excluding carboxylic acids is 1. The predicted molar refractivity (Wildman–Crippen MR) is 84.8 cm³/mol. The van der Waals surface area contributed by atoms with E-state index in [0.29, 0.717) is 26.3 Å². The molecule has 0 aromatic heterocycles. The van der Waals surface area contributed by atoms with Gasteiger partial charge in [-0.15, -0.1) is 11.8 Å². The quantitative estimate of drug-likeness (QED) is 0.780. The average Bonchev–Trinajstić information content (AvgIpc) is 3.02. The van der Waals surface area contributed by atoms with Gasteiger partial charge in [0.1, 0.15) is 0 Å². The van der Waals surface area contributed by atoms with Crippen LogP contribution in [0.2, 0.25) is 5.02 Å². The van der Waals surface area contributed by atoms with Crippen molar-refractivity contribution in [1.29, 1.82) is 0 Å². The minimum absolute atomic E-state index is 0.00900. The summed E-state index contributed by atoms with van der Waals surface area (Å²) in [5.41, 5.74) is 0. The van der Waals surface area contributed by atoms with E-state index in [4.69, 9.17) is 21.4 Å². The molecule has 0 radical (unpaired) electrons. The zero-order valence-corrected chi connectivity index (χ0v) is 13.4. The van der Waals surface area contributed by atoms with Crippen molar-refractivity contribution >= 4 is 29.3 Å². The zero-order valence-electron chi connectivity index (χ0n) is 11.8. The number of thioether (sulfide) groups is 1. The minimum Gasteiger partial charge on any atom is -0.395 e. The molecule has 1 N–H and O–H groups in total. The van der Waals surface area contributed by atoms with E-state index >= 15 is 0 Å². The molecule has 21 heavy (non-hydrogen) atoms. The van der Waals surface area contributed by atoms with Crippen molar-refractivity contribution in [3.63, 3.8) is 0 Å². The smallest absolute Gasteiger partial charge is 0.228 e. The maximum absolute atomic E-state index is 12.3. The van der Waals surface area contributed by atoms with E-state index < -0.39 is 0 Å². The number of halogens is 1. The summed E-state index contributed by atoms with van der Waals surface area (Å²) in [5.74, 6) is 0.844. The topological polar surface area (TPSA) is 49.8 Å². The fourth-order valence-corrected chi connectivity index (χ4v) is 3.25. The van der Waals surface area contributed by atoms with Gasteiger partial charge in [-0.2, -0.15) is 0 Å². The number of amides is 1. The van der Waals surface area contributed by atoms with Crippen LogP contribution in [0.15, 0.2) is 29.2 Å². The van der Waals surface area contributed by atoms with Crippen LogP contribution in [-0.2, 0) is 9.53 Å². The molecule has 1 atom stereocenters. The van der Waals surface area contributed by atoms with Crippen LogP contribution in [0.3, 0.4) is 0 Å². The van der Waals surface area contributed by atoms with E-state index in [1.54, 1.807) is 16.7 Å². The molecule has 0 aliphatic carbocycles. The van der Waals surface area contributed by atoms with Gasteiger partial charge < -0.3 is 14.7 Å². The monoisotopic (exact) mass is 329 g/mol. The number of nitrogens with zero attached hydrogens (tertiary/aromatic N) is 1. The van der Waals surface area contributed by atoms with Gasteiger partial charge in [0.25, 0.3) is 0 Å². The zero-order chi connectivity index (χ0) is 15.1. The SMILES string of the molecule is O=C([C@H]1CCOC1)N(CCO)CCSc1ccc(Cl)cc1. The summed E-state index contributed by atoms with van der Waals surface area (Å²) < 4.78 is 5.26. The number of rotatable bonds is 7. The number of aliphatic hydroxyl groups is 1. The van der Waals surface area contributed by atoms with Crippen molar-refractivity contribution in [3.05, 3.63) is 29.3 Å². The van der Waals surface area contributed by atoms with Crippen molar-refractivity contribution in [2.45, 2.75) is 11.3 Å². The lowest BCUT2D eigenvalue weighted by molar-refractivity contribution is -0.135. The lowest BCUT2D eigenvalue weighted by Crippen LogP contribution is -2.39. The molecule has 6 heteroatoms. The second kappa shape index (κ2) is 8.63. The number of benzene rings is 1. The normalized spacial score (nSPS) is 17.9. The fourth-order valence-electron chi connectivity index (χ4n) is 2.24. The molecule has 1 saturated heterocycles. The van der Waals surface area contributed by atoms with Crippen LogP contribution in [0.5, 0.6) is 0 Å². The van der Waals surface area contributed by atoms with Crippen LogP contribution in [0.1, 0.15) is 6.42 Å². The maximum atomic E-state index is 12.3. The van der Waals surface area contributed by atoms with Gasteiger partial charge in [0.2, 0.25) is 5.91 Å². The standard InChI is InChI=1S/C15H20ClNO3S/c16-13-1-3-14(4-2-13)21-10-7-17(6-8-18)15(19)12-5-9-20-11-12/h1-4,12,18H,5-11H2/t12-/m0/s1. The Hall–Kier alpha value is -0.750. The Morgan fingerprint density at radius 1 is 1.38 bits per heavy atom. The van der Waals surface area contributed by atoms with E-state index in [0.717, 1.165) is 22.1 Å². The number of ether oxygens (including phenoxy) is 1. The van der Waals surface area contributed by atoms with Gasteiger partial charge in [-0.3, -0.25) is 4.79 Å². The largest absolute Gasteiger partial charge is 0.395 e. The average molecular weight is 330 g/mol. The Morgan fingerprint density at radius 2 is 2.14 bits per heavy atom. The summed E-state index contributed by atoms with van der Waals surface area (Å²) in [6.45, 7) is 2.17. The third kappa shape index (κ3) is 5.18. The highest BCUT2D eigenvalue weighted by Crippen LogP contribution is 2.21. The Balaban J connectivity index is 1.81. The van der Waals surface area contributed by atoms with E-state index in [1.165, 1.54) is 0 Å². The Bertz CT molecular complexity index is 449. The molecule has 1 heterocycles. The van der Waals surface area contributed by atoms with Crippen LogP contribution in [0.4, 0.5) is 0 Å². The first-order valence-corrected chi connectivity index (χ1v) is 8.43. The molecule has 4 nitrogen and oxygen atoms in total. The molecule has 1 aliphatic heterocycles. The van der Waals surface area contributed by atoms with Crippen molar-refractivity contribution in [2.75, 3.05) is 38.7 Å². The molecule has 2 rings (SSSR count). The second-order valence-corrected chi connectivity index (χ2v) is 6.52. The van der Waals surface area contributed by atoms with Crippen molar-refractivity contribution < 1.29 is 14.6 Å². The summed E-state index contributed by atoms with van der Waals surface area (Å²) >= 11 is 7.53. The lowest BCUT2D eigenvalue weighted by atomic mass is 10.1. The molecule has 0 bridgehead atoms. The number of hydrogen-bond acceptors (Lipinski definition) is 4. The van der Waals surface area contributed by atoms with Gasteiger partial charge >= 0.3 is 0 Å². The molecule has 0 saturated carbocycles. The molecule has 1 amide bonds. The molecule has 1 fully saturated rings. The first-order valence-electron chi connectivity index (χ1n) is 7.06. The van der Waals surface area contributed by atoms with Crippen LogP contribution >= 0.6 is 23.4 Å². The summed E-state index contributed by atoms with van der Waals surface area (Å²) in [6.07, 6.45) is 0.783. The second-order valence-electron chi connectivity index (χ2n) is 4.91. The molecule has 1 aromatic rings. The van der Waals surface area contributed by atoms with Gasteiger partial charge in [-0.1, -0.05) is 11.6 Å². The number of aliphatic hydroxyl groups excluding tert-OH is 1. The highest BCUT2D eigenvalue weighted by Gasteiger charge is 2.27. The van der Waals surface area contributed by atoms with E-state index in [-0.39, 0.29) is 18.4 Å². The van der Waals surface area contributed by atoms with Gasteiger partial charge in [0.15, 0.2) is 0 Å². The van der Waals surface area contributed by atoms with Gasteiger partial charge in [0.05, 0.1) is 19.1 Å². The third-order valence-electron chi connectivity index (χ3n) is 3.40. The lowest BCUT2D eigenvalue weighted by Gasteiger charge is -2.24. The minimum atomic E-state index is -0.0444. The highest BCUT2D eigenvalue weighted by atomic mass is 35.5. The molecule has 116 valence electrons. The number of carbonyl (C=O) groups is 1. The third-order valence-corrected chi connectivity index (χ3v) is 4.65. The van der Waals surface area contributed by atoms with E-state index in [9.17, 15) is 4.79 Å². The maximum Gasteiger partial charge on any atom is 0.228 e. The Labute approximate surface area is 134 Å². The summed E-state index contributed by atoms with van der Waals surface area (Å²) in [6, 6.07) is 7.65. The molecule has 1 aliphatic rings. The van der Waals surface area contributed by atoms with Crippen LogP contribution < -0.4 is 0 Å². The summed E-state index contributed by atoms with van der Waals surface area (Å²) in [5, 5.41) is 9.85. The van der Waals surface area contributed by atoms with Crippen molar-refractivity contribution in [1.82, 2.24) is 4.90 Å². The summed E-state index contributed by atoms with van der Waals surface area (Å²) in [4.78, 5) is 15.2.